The molecule has 0 bridgehead atoms. The minimum Gasteiger partial charge on any atom is -0.462 e. The predicted octanol–water partition coefficient (Wildman–Crippen LogP) is 22.2. The van der Waals surface area contributed by atoms with Gasteiger partial charge in [-0.15, -0.1) is 0 Å². The highest BCUT2D eigenvalue weighted by molar-refractivity contribution is 7.47. The largest absolute Gasteiger partial charge is 0.472 e. The molecule has 0 aromatic rings. The maximum Gasteiger partial charge on any atom is 0.472 e. The molecule has 0 spiro atoms. The zero-order valence-electron chi connectivity index (χ0n) is 62.0. The Bertz CT molecular complexity index is 2190. The Balaban J connectivity index is 5.39. The lowest BCUT2D eigenvalue weighted by atomic mass is 10.1. The summed E-state index contributed by atoms with van der Waals surface area (Å²) >= 11 is 0. The third-order valence-electron chi connectivity index (χ3n) is 16.3. The molecule has 3 N–H and O–H groups in total. The summed E-state index contributed by atoms with van der Waals surface area (Å²) < 4.78 is 68.4. The highest BCUT2D eigenvalue weighted by Crippen LogP contribution is 2.45. The average molecular weight is 1420 g/mol. The molecule has 0 radical (unpaired) electrons. The van der Waals surface area contributed by atoms with E-state index in [1.807, 2.05) is 12.2 Å². The van der Waals surface area contributed by atoms with Crippen LogP contribution in [0.3, 0.4) is 0 Å². The van der Waals surface area contributed by atoms with Crippen molar-refractivity contribution in [3.63, 3.8) is 0 Å². The van der Waals surface area contributed by atoms with Gasteiger partial charge in [0.1, 0.15) is 19.3 Å². The van der Waals surface area contributed by atoms with Crippen LogP contribution in [-0.4, -0.2) is 96.7 Å². The van der Waals surface area contributed by atoms with E-state index < -0.39 is 97.5 Å². The number of phosphoric acid groups is 2. The smallest absolute Gasteiger partial charge is 0.462 e. The molecular weight excluding hydrogens is 1280 g/mol. The standard InChI is InChI=1S/C79H140O17P2/c1-5-9-13-17-21-25-29-33-35-36-38-41-44-48-52-56-60-64-77(82)90-70-75(96-79(84)66-62-58-54-50-46-42-37-34-30-26-22-18-14-10-6-2)72-94-98(87,88)92-68-73(80)67-91-97(85,86)93-71-74(95-78(83)65-61-57-53-49-45-40-32-28-24-20-16-12-8-4)69-89-76(81)63-59-55-51-47-43-39-31-27-23-19-15-11-7-3/h21,25,27-28,31-35,37-38,41,48,52,73-75,80H,5-20,22-24,26,29-30,36,39-40,42-47,49-51,53-72H2,1-4H3,(H,85,86)(H,87,88)/b25-21-,31-27-,32-28-,35-33-,37-34-,41-38-,52-48-/t73-,74-,75-/m1/s1. The zero-order valence-corrected chi connectivity index (χ0v) is 63.7. The number of aliphatic hydroxyl groups is 1. The second kappa shape index (κ2) is 71.6. The second-order valence-corrected chi connectivity index (χ2v) is 28.8. The Hall–Kier alpha value is -3.76. The van der Waals surface area contributed by atoms with Crippen LogP contribution < -0.4 is 0 Å². The van der Waals surface area contributed by atoms with Gasteiger partial charge in [0.05, 0.1) is 26.4 Å². The Morgan fingerprint density at radius 3 is 0.847 bits per heavy atom. The molecule has 0 saturated heterocycles. The van der Waals surface area contributed by atoms with E-state index in [4.69, 9.17) is 37.0 Å². The maximum atomic E-state index is 13.1. The van der Waals surface area contributed by atoms with Crippen LogP contribution in [-0.2, 0) is 65.4 Å². The molecule has 17 nitrogen and oxygen atoms in total. The predicted molar refractivity (Wildman–Crippen MR) is 399 cm³/mol. The number of hydrogen-bond donors (Lipinski definition) is 3. The van der Waals surface area contributed by atoms with E-state index in [9.17, 15) is 43.2 Å². The molecule has 0 aliphatic carbocycles. The summed E-state index contributed by atoms with van der Waals surface area (Å²) in [5.41, 5.74) is 0. The van der Waals surface area contributed by atoms with Crippen LogP contribution in [0.2, 0.25) is 0 Å². The van der Waals surface area contributed by atoms with Gasteiger partial charge < -0.3 is 33.8 Å². The fourth-order valence-corrected chi connectivity index (χ4v) is 11.9. The number of esters is 4. The first-order valence-corrected chi connectivity index (χ1v) is 41.8. The van der Waals surface area contributed by atoms with Gasteiger partial charge in [0.15, 0.2) is 12.2 Å². The number of unbranched alkanes of at least 4 members (excludes halogenated alkanes) is 33. The summed E-state index contributed by atoms with van der Waals surface area (Å²) in [5.74, 6) is -2.25. The molecule has 0 heterocycles. The summed E-state index contributed by atoms with van der Waals surface area (Å²) in [4.78, 5) is 72.8. The lowest BCUT2D eigenvalue weighted by molar-refractivity contribution is -0.161. The minimum absolute atomic E-state index is 0.0746. The van der Waals surface area contributed by atoms with Crippen molar-refractivity contribution >= 4 is 39.5 Å². The molecule has 19 heteroatoms. The van der Waals surface area contributed by atoms with Gasteiger partial charge in [0.25, 0.3) is 0 Å². The summed E-state index contributed by atoms with van der Waals surface area (Å²) in [5, 5.41) is 10.6. The zero-order chi connectivity index (χ0) is 71.8. The van der Waals surface area contributed by atoms with Crippen LogP contribution in [0.25, 0.3) is 0 Å². The van der Waals surface area contributed by atoms with E-state index in [1.165, 1.54) is 109 Å². The number of ether oxygens (including phenoxy) is 4. The molecule has 0 saturated carbocycles. The van der Waals surface area contributed by atoms with Crippen molar-refractivity contribution in [1.82, 2.24) is 0 Å². The fraction of sp³-hybridized carbons (Fsp3) is 0.772. The van der Waals surface area contributed by atoms with Gasteiger partial charge >= 0.3 is 39.5 Å². The number of hydrogen-bond acceptors (Lipinski definition) is 15. The van der Waals surface area contributed by atoms with E-state index in [0.717, 1.165) is 141 Å². The van der Waals surface area contributed by atoms with E-state index in [2.05, 4.69) is 101 Å². The topological polar surface area (TPSA) is 237 Å². The maximum absolute atomic E-state index is 13.1. The monoisotopic (exact) mass is 1420 g/mol. The van der Waals surface area contributed by atoms with Crippen LogP contribution in [0.4, 0.5) is 0 Å². The van der Waals surface area contributed by atoms with Gasteiger partial charge in [0, 0.05) is 25.7 Å². The van der Waals surface area contributed by atoms with Crippen molar-refractivity contribution in [2.45, 2.75) is 354 Å². The molecule has 0 rings (SSSR count). The normalized spacial score (nSPS) is 14.4. The molecule has 2 unspecified atom stereocenters. The highest BCUT2D eigenvalue weighted by Gasteiger charge is 2.30. The summed E-state index contributed by atoms with van der Waals surface area (Å²) in [6.07, 6.45) is 72.9. The number of rotatable bonds is 73. The molecule has 0 aliphatic rings. The van der Waals surface area contributed by atoms with Crippen LogP contribution in [0.5, 0.6) is 0 Å². The van der Waals surface area contributed by atoms with Crippen LogP contribution in [0.15, 0.2) is 85.1 Å². The molecule has 98 heavy (non-hydrogen) atoms. The Morgan fingerprint density at radius 1 is 0.286 bits per heavy atom. The quantitative estimate of drug-likeness (QED) is 0.0169. The Kier molecular flexibility index (Phi) is 68.9. The number of phosphoric ester groups is 2. The third-order valence-corrected chi connectivity index (χ3v) is 18.2. The lowest BCUT2D eigenvalue weighted by Crippen LogP contribution is -2.30. The molecule has 568 valence electrons. The van der Waals surface area contributed by atoms with E-state index >= 15 is 0 Å². The summed E-state index contributed by atoms with van der Waals surface area (Å²) in [7, 11) is -9.96. The van der Waals surface area contributed by atoms with E-state index in [1.54, 1.807) is 0 Å². The van der Waals surface area contributed by atoms with E-state index in [-0.39, 0.29) is 25.7 Å². The third kappa shape index (κ3) is 70.7. The molecule has 0 aromatic carbocycles. The van der Waals surface area contributed by atoms with Gasteiger partial charge in [-0.3, -0.25) is 37.3 Å². The van der Waals surface area contributed by atoms with Crippen LogP contribution >= 0.6 is 15.6 Å². The Labute approximate surface area is 595 Å². The molecule has 0 aromatic heterocycles. The van der Waals surface area contributed by atoms with E-state index in [0.29, 0.717) is 32.1 Å². The molecule has 0 amide bonds. The van der Waals surface area contributed by atoms with Crippen molar-refractivity contribution in [3.05, 3.63) is 85.1 Å². The average Bonchev–Trinajstić information content (AvgIpc) is 1.05. The summed E-state index contributed by atoms with van der Waals surface area (Å²) in [6.45, 7) is 4.75. The number of carbonyl (C=O) groups is 4. The SMILES string of the molecule is CCCCC/C=C\C/C=C\C/C=C\C/C=C\CCCC(=O)OC[C@H](COP(=O)(O)OC[C@H](O)COP(=O)(O)OC[C@@H](COC(=O)CCCCCCC/C=C\CCCCCC)OC(=O)CCCCCCC/C=C\CCCCCC)OC(=O)CCCCCCC/C=C\CCCCCCCC. The molecule has 0 fully saturated rings. The summed E-state index contributed by atoms with van der Waals surface area (Å²) in [6, 6.07) is 0. The Morgan fingerprint density at radius 2 is 0.510 bits per heavy atom. The second-order valence-electron chi connectivity index (χ2n) is 25.9. The van der Waals surface area contributed by atoms with Crippen molar-refractivity contribution in [3.8, 4) is 0 Å². The molecule has 0 aliphatic heterocycles. The molecule has 5 atom stereocenters. The van der Waals surface area contributed by atoms with Gasteiger partial charge in [-0.05, 0) is 141 Å². The van der Waals surface area contributed by atoms with Gasteiger partial charge in [-0.25, -0.2) is 9.13 Å². The van der Waals surface area contributed by atoms with Crippen molar-refractivity contribution in [1.29, 1.82) is 0 Å². The van der Waals surface area contributed by atoms with Crippen molar-refractivity contribution in [2.75, 3.05) is 39.6 Å². The van der Waals surface area contributed by atoms with Gasteiger partial charge in [0.2, 0.25) is 0 Å². The van der Waals surface area contributed by atoms with Crippen molar-refractivity contribution in [2.24, 2.45) is 0 Å². The van der Waals surface area contributed by atoms with Crippen molar-refractivity contribution < 1.29 is 80.2 Å². The lowest BCUT2D eigenvalue weighted by Gasteiger charge is -2.21. The first-order valence-electron chi connectivity index (χ1n) is 38.8. The van der Waals surface area contributed by atoms with Crippen LogP contribution in [0.1, 0.15) is 336 Å². The van der Waals surface area contributed by atoms with Gasteiger partial charge in [-0.1, -0.05) is 254 Å². The number of allylic oxidation sites excluding steroid dienone is 14. The first-order chi connectivity index (χ1) is 47.7. The number of carbonyl (C=O) groups excluding carboxylic acids is 4. The van der Waals surface area contributed by atoms with Crippen LogP contribution in [0, 0.1) is 0 Å². The van der Waals surface area contributed by atoms with Gasteiger partial charge in [-0.2, -0.15) is 0 Å². The number of aliphatic hydroxyl groups excluding tert-OH is 1. The highest BCUT2D eigenvalue weighted by atomic mass is 31.2. The first kappa shape index (κ1) is 94.2. The fourth-order valence-electron chi connectivity index (χ4n) is 10.3. The minimum atomic E-state index is -4.99. The molecular formula is C79H140O17P2.